The summed E-state index contributed by atoms with van der Waals surface area (Å²) in [6, 6.07) is 11.7. The molecule has 0 heterocycles. The van der Waals surface area contributed by atoms with E-state index in [1.807, 2.05) is 6.07 Å². The molecule has 0 atom stereocenters. The molecule has 7 nitrogen and oxygen atoms in total. The lowest BCUT2D eigenvalue weighted by molar-refractivity contribution is -0.387. The Kier molecular flexibility index (Phi) is 5.56. The molecule has 0 saturated heterocycles. The number of esters is 1. The summed E-state index contributed by atoms with van der Waals surface area (Å²) in [5, 5.41) is 12.9. The molecule has 0 unspecified atom stereocenters. The van der Waals surface area contributed by atoms with Crippen molar-refractivity contribution in [1.82, 2.24) is 5.32 Å². The van der Waals surface area contributed by atoms with E-state index < -0.39 is 34.8 Å². The molecule has 124 valence electrons. The van der Waals surface area contributed by atoms with E-state index in [0.717, 1.165) is 23.8 Å². The first-order chi connectivity index (χ1) is 11.5. The molecule has 0 fully saturated rings. The quantitative estimate of drug-likeness (QED) is 0.497. The topological polar surface area (TPSA) is 98.5 Å². The van der Waals surface area contributed by atoms with Crippen molar-refractivity contribution in [3.63, 3.8) is 0 Å². The van der Waals surface area contributed by atoms with Gasteiger partial charge in [-0.15, -0.1) is 0 Å². The van der Waals surface area contributed by atoms with Gasteiger partial charge in [0.25, 0.3) is 5.91 Å². The van der Waals surface area contributed by atoms with Crippen molar-refractivity contribution in [1.29, 1.82) is 0 Å². The predicted molar refractivity (Wildman–Crippen MR) is 81.6 cm³/mol. The fourth-order valence-corrected chi connectivity index (χ4v) is 1.84. The lowest BCUT2D eigenvalue weighted by Crippen LogP contribution is -2.30. The Labute approximate surface area is 136 Å². The Morgan fingerprint density at radius 3 is 2.54 bits per heavy atom. The first-order valence-corrected chi connectivity index (χ1v) is 6.89. The number of nitrogens with zero attached hydrogens (tertiary/aromatic N) is 1. The van der Waals surface area contributed by atoms with Crippen molar-refractivity contribution >= 4 is 17.6 Å². The number of hydrogen-bond acceptors (Lipinski definition) is 5. The zero-order chi connectivity index (χ0) is 17.5. The van der Waals surface area contributed by atoms with Gasteiger partial charge < -0.3 is 10.1 Å². The SMILES string of the molecule is O=C(CNC(=O)c1ccc(F)c([N+](=O)[O-])c1)OCc1ccccc1. The molecular formula is C16H13FN2O5. The Morgan fingerprint density at radius 2 is 1.88 bits per heavy atom. The normalized spacial score (nSPS) is 10.0. The molecule has 2 aromatic rings. The molecule has 0 radical (unpaired) electrons. The van der Waals surface area contributed by atoms with E-state index >= 15 is 0 Å². The number of carbonyl (C=O) groups excluding carboxylic acids is 2. The van der Waals surface area contributed by atoms with Gasteiger partial charge in [-0.05, 0) is 17.7 Å². The molecule has 1 N–H and O–H groups in total. The number of benzene rings is 2. The predicted octanol–water partition coefficient (Wildman–Crippen LogP) is 2.21. The summed E-state index contributed by atoms with van der Waals surface area (Å²) in [6.45, 7) is -0.339. The molecule has 0 aliphatic carbocycles. The third kappa shape index (κ3) is 4.60. The Balaban J connectivity index is 1.87. The number of nitro groups is 1. The Bertz CT molecular complexity index is 764. The number of rotatable bonds is 6. The third-order valence-corrected chi connectivity index (χ3v) is 3.04. The van der Waals surface area contributed by atoms with Gasteiger partial charge in [-0.2, -0.15) is 4.39 Å². The number of hydrogen-bond donors (Lipinski definition) is 1. The van der Waals surface area contributed by atoms with Crippen LogP contribution in [0.3, 0.4) is 0 Å². The van der Waals surface area contributed by atoms with E-state index in [4.69, 9.17) is 4.74 Å². The largest absolute Gasteiger partial charge is 0.460 e. The lowest BCUT2D eigenvalue weighted by Gasteiger charge is -2.07. The molecule has 2 rings (SSSR count). The van der Waals surface area contributed by atoms with Crippen LogP contribution in [-0.4, -0.2) is 23.3 Å². The van der Waals surface area contributed by atoms with E-state index in [1.165, 1.54) is 0 Å². The van der Waals surface area contributed by atoms with Crippen LogP contribution in [0.5, 0.6) is 0 Å². The van der Waals surface area contributed by atoms with Gasteiger partial charge >= 0.3 is 11.7 Å². The van der Waals surface area contributed by atoms with E-state index in [-0.39, 0.29) is 12.2 Å². The van der Waals surface area contributed by atoms with Gasteiger partial charge in [0, 0.05) is 11.6 Å². The summed E-state index contributed by atoms with van der Waals surface area (Å²) in [5.41, 5.74) is -0.139. The van der Waals surface area contributed by atoms with Gasteiger partial charge in [-0.3, -0.25) is 19.7 Å². The van der Waals surface area contributed by atoms with Crippen LogP contribution in [0.1, 0.15) is 15.9 Å². The van der Waals surface area contributed by atoms with E-state index in [1.54, 1.807) is 24.3 Å². The Morgan fingerprint density at radius 1 is 1.17 bits per heavy atom. The fraction of sp³-hybridized carbons (Fsp3) is 0.125. The number of nitrogens with one attached hydrogen (secondary N) is 1. The second kappa shape index (κ2) is 7.82. The lowest BCUT2D eigenvalue weighted by atomic mass is 10.2. The highest BCUT2D eigenvalue weighted by Gasteiger charge is 2.18. The van der Waals surface area contributed by atoms with Crippen LogP contribution in [0.2, 0.25) is 0 Å². The monoisotopic (exact) mass is 332 g/mol. The maximum absolute atomic E-state index is 13.2. The van der Waals surface area contributed by atoms with Gasteiger partial charge in [-0.1, -0.05) is 30.3 Å². The number of halogens is 1. The van der Waals surface area contributed by atoms with Crippen LogP contribution in [0.4, 0.5) is 10.1 Å². The second-order valence-electron chi connectivity index (χ2n) is 4.75. The third-order valence-electron chi connectivity index (χ3n) is 3.04. The summed E-state index contributed by atoms with van der Waals surface area (Å²) < 4.78 is 18.2. The molecule has 0 saturated carbocycles. The number of amides is 1. The van der Waals surface area contributed by atoms with Gasteiger partial charge in [0.1, 0.15) is 13.2 Å². The zero-order valence-corrected chi connectivity index (χ0v) is 12.4. The van der Waals surface area contributed by atoms with E-state index in [0.29, 0.717) is 0 Å². The van der Waals surface area contributed by atoms with Crippen LogP contribution in [-0.2, 0) is 16.1 Å². The van der Waals surface area contributed by atoms with Gasteiger partial charge in [0.05, 0.1) is 4.92 Å². The fourth-order valence-electron chi connectivity index (χ4n) is 1.84. The van der Waals surface area contributed by atoms with Crippen molar-refractivity contribution in [2.45, 2.75) is 6.61 Å². The molecule has 8 heteroatoms. The molecule has 0 aliphatic rings. The van der Waals surface area contributed by atoms with Crippen LogP contribution >= 0.6 is 0 Å². The summed E-state index contributed by atoms with van der Waals surface area (Å²) in [4.78, 5) is 33.1. The van der Waals surface area contributed by atoms with Crippen molar-refractivity contribution in [3.05, 3.63) is 75.6 Å². The second-order valence-corrected chi connectivity index (χ2v) is 4.75. The molecule has 1 amide bonds. The average Bonchev–Trinajstić information content (AvgIpc) is 2.59. The first kappa shape index (κ1) is 17.1. The molecule has 0 bridgehead atoms. The van der Waals surface area contributed by atoms with Gasteiger partial charge in [0.2, 0.25) is 5.82 Å². The molecular weight excluding hydrogens is 319 g/mol. The zero-order valence-electron chi connectivity index (χ0n) is 12.4. The highest BCUT2D eigenvalue weighted by atomic mass is 19.1. The highest BCUT2D eigenvalue weighted by Crippen LogP contribution is 2.18. The molecule has 2 aromatic carbocycles. The maximum Gasteiger partial charge on any atom is 0.325 e. The standard InChI is InChI=1S/C16H13FN2O5/c17-13-7-6-12(8-14(13)19(22)23)16(21)18-9-15(20)24-10-11-4-2-1-3-5-11/h1-8H,9-10H2,(H,18,21). The maximum atomic E-state index is 13.2. The van der Waals surface area contributed by atoms with Crippen molar-refractivity contribution in [2.24, 2.45) is 0 Å². The van der Waals surface area contributed by atoms with Gasteiger partial charge in [-0.25, -0.2) is 0 Å². The van der Waals surface area contributed by atoms with Crippen LogP contribution in [0.25, 0.3) is 0 Å². The molecule has 0 spiro atoms. The van der Waals surface area contributed by atoms with Crippen LogP contribution < -0.4 is 5.32 Å². The number of nitro benzene ring substituents is 1. The molecule has 0 aromatic heterocycles. The van der Waals surface area contributed by atoms with Crippen molar-refractivity contribution in [2.75, 3.05) is 6.54 Å². The van der Waals surface area contributed by atoms with E-state index in [9.17, 15) is 24.1 Å². The first-order valence-electron chi connectivity index (χ1n) is 6.89. The van der Waals surface area contributed by atoms with Gasteiger partial charge in [0.15, 0.2) is 0 Å². The molecule has 24 heavy (non-hydrogen) atoms. The summed E-state index contributed by atoms with van der Waals surface area (Å²) in [6.07, 6.45) is 0. The smallest absolute Gasteiger partial charge is 0.325 e. The number of ether oxygens (including phenoxy) is 1. The Hall–Kier alpha value is -3.29. The number of carbonyl (C=O) groups is 2. The minimum Gasteiger partial charge on any atom is -0.460 e. The summed E-state index contributed by atoms with van der Waals surface area (Å²) in [5.74, 6) is -2.45. The molecule has 0 aliphatic heterocycles. The average molecular weight is 332 g/mol. The summed E-state index contributed by atoms with van der Waals surface area (Å²) >= 11 is 0. The van der Waals surface area contributed by atoms with E-state index in [2.05, 4.69) is 5.32 Å². The summed E-state index contributed by atoms with van der Waals surface area (Å²) in [7, 11) is 0. The van der Waals surface area contributed by atoms with Crippen molar-refractivity contribution < 1.29 is 23.6 Å². The minimum absolute atomic E-state index is 0.0670. The highest BCUT2D eigenvalue weighted by molar-refractivity contribution is 5.96. The van der Waals surface area contributed by atoms with Crippen LogP contribution in [0.15, 0.2) is 48.5 Å². The van der Waals surface area contributed by atoms with Crippen LogP contribution in [0, 0.1) is 15.9 Å². The minimum atomic E-state index is -1.04. The van der Waals surface area contributed by atoms with Crippen molar-refractivity contribution in [3.8, 4) is 0 Å².